The van der Waals surface area contributed by atoms with Gasteiger partial charge in [0, 0.05) is 13.1 Å². The average molecular weight is 362 g/mol. The van der Waals surface area contributed by atoms with Gasteiger partial charge in [0.05, 0.1) is 10.8 Å². The molecule has 8 heteroatoms. The summed E-state index contributed by atoms with van der Waals surface area (Å²) < 4.78 is 2.79. The van der Waals surface area contributed by atoms with E-state index in [0.29, 0.717) is 34.9 Å². The Kier molecular flexibility index (Phi) is 4.69. The topological polar surface area (TPSA) is 95.6 Å². The number of aromatic nitrogens is 6. The van der Waals surface area contributed by atoms with E-state index in [1.165, 1.54) is 9.36 Å². The van der Waals surface area contributed by atoms with E-state index in [1.54, 1.807) is 24.3 Å². The van der Waals surface area contributed by atoms with Gasteiger partial charge in [0.1, 0.15) is 11.0 Å². The molecule has 0 N–H and O–H groups in total. The summed E-state index contributed by atoms with van der Waals surface area (Å²) in [5, 5.41) is 17.3. The number of hydrogen-bond acceptors (Lipinski definition) is 6. The molecule has 0 atom stereocenters. The second-order valence-electron chi connectivity index (χ2n) is 6.33. The van der Waals surface area contributed by atoms with Gasteiger partial charge in [-0.2, -0.15) is 0 Å². The van der Waals surface area contributed by atoms with Crippen molar-refractivity contribution in [3.63, 3.8) is 0 Å². The molecule has 4 rings (SSSR count). The Morgan fingerprint density at radius 3 is 1.56 bits per heavy atom. The summed E-state index contributed by atoms with van der Waals surface area (Å²) in [6.07, 6.45) is 2.37. The molecular weight excluding hydrogens is 344 g/mol. The lowest BCUT2D eigenvalue weighted by Crippen LogP contribution is -2.25. The molecule has 27 heavy (non-hydrogen) atoms. The number of benzene rings is 2. The maximum atomic E-state index is 12.4. The molecule has 136 valence electrons. The maximum Gasteiger partial charge on any atom is 0.277 e. The molecule has 4 aromatic rings. The number of nitrogens with zero attached hydrogens (tertiary/aromatic N) is 6. The summed E-state index contributed by atoms with van der Waals surface area (Å²) in [4.78, 5) is 24.8. The molecule has 2 heterocycles. The van der Waals surface area contributed by atoms with Crippen molar-refractivity contribution in [1.82, 2.24) is 30.0 Å². The quantitative estimate of drug-likeness (QED) is 0.485. The Morgan fingerprint density at radius 1 is 0.630 bits per heavy atom. The van der Waals surface area contributed by atoms with Gasteiger partial charge in [-0.1, -0.05) is 34.7 Å². The first-order valence-electron chi connectivity index (χ1n) is 8.89. The standard InChI is InChI=1S/C19H18N6O2/c26-18-14-8-2-4-10-16(14)20-22-24(18)12-6-1-7-13-25-19(27)15-9-3-5-11-17(15)21-23-25/h2-5,8-11H,1,6-7,12-13H2. The van der Waals surface area contributed by atoms with E-state index in [-0.39, 0.29) is 11.1 Å². The first-order chi connectivity index (χ1) is 13.2. The number of unbranched alkanes of at least 4 members (excludes halogenated alkanes) is 2. The van der Waals surface area contributed by atoms with Crippen LogP contribution in [0.4, 0.5) is 0 Å². The summed E-state index contributed by atoms with van der Waals surface area (Å²) in [5.41, 5.74) is 0.954. The Hall–Kier alpha value is -3.42. The van der Waals surface area contributed by atoms with Gasteiger partial charge in [-0.3, -0.25) is 9.59 Å². The van der Waals surface area contributed by atoms with E-state index in [2.05, 4.69) is 20.6 Å². The second-order valence-corrected chi connectivity index (χ2v) is 6.33. The molecule has 0 amide bonds. The number of rotatable bonds is 6. The van der Waals surface area contributed by atoms with E-state index >= 15 is 0 Å². The van der Waals surface area contributed by atoms with Crippen molar-refractivity contribution < 1.29 is 0 Å². The van der Waals surface area contributed by atoms with Crippen LogP contribution in [0.2, 0.25) is 0 Å². The van der Waals surface area contributed by atoms with Gasteiger partial charge in [0.25, 0.3) is 11.1 Å². The molecule has 0 fully saturated rings. The molecule has 0 bridgehead atoms. The predicted molar refractivity (Wildman–Crippen MR) is 101 cm³/mol. The highest BCUT2D eigenvalue weighted by Gasteiger charge is 2.06. The number of fused-ring (bicyclic) bond motifs is 2. The lowest BCUT2D eigenvalue weighted by atomic mass is 10.2. The van der Waals surface area contributed by atoms with Crippen molar-refractivity contribution in [1.29, 1.82) is 0 Å². The fourth-order valence-corrected chi connectivity index (χ4v) is 3.04. The molecule has 0 aliphatic rings. The molecule has 2 aromatic carbocycles. The fraction of sp³-hybridized carbons (Fsp3) is 0.263. The third-order valence-electron chi connectivity index (χ3n) is 4.50. The zero-order valence-electron chi connectivity index (χ0n) is 14.7. The van der Waals surface area contributed by atoms with Crippen LogP contribution in [-0.2, 0) is 13.1 Å². The van der Waals surface area contributed by atoms with Crippen LogP contribution in [0.1, 0.15) is 19.3 Å². The van der Waals surface area contributed by atoms with Gasteiger partial charge in [0.15, 0.2) is 0 Å². The summed E-state index contributed by atoms with van der Waals surface area (Å²) in [6.45, 7) is 0.990. The Bertz CT molecular complexity index is 1120. The molecule has 0 radical (unpaired) electrons. The van der Waals surface area contributed by atoms with Gasteiger partial charge in [-0.25, -0.2) is 9.36 Å². The maximum absolute atomic E-state index is 12.4. The van der Waals surface area contributed by atoms with Crippen LogP contribution in [-0.4, -0.2) is 30.0 Å². The normalized spacial score (nSPS) is 11.3. The summed E-state index contributed by atoms with van der Waals surface area (Å²) in [6, 6.07) is 14.4. The van der Waals surface area contributed by atoms with E-state index in [9.17, 15) is 9.59 Å². The van der Waals surface area contributed by atoms with E-state index in [1.807, 2.05) is 24.3 Å². The minimum atomic E-state index is -0.128. The van der Waals surface area contributed by atoms with Gasteiger partial charge < -0.3 is 0 Å². The van der Waals surface area contributed by atoms with Crippen LogP contribution >= 0.6 is 0 Å². The molecule has 8 nitrogen and oxygen atoms in total. The van der Waals surface area contributed by atoms with Crippen LogP contribution in [0.15, 0.2) is 58.1 Å². The highest BCUT2D eigenvalue weighted by atomic mass is 16.1. The molecule has 0 aliphatic carbocycles. The predicted octanol–water partition coefficient (Wildman–Crippen LogP) is 1.77. The zero-order valence-corrected chi connectivity index (χ0v) is 14.7. The second kappa shape index (κ2) is 7.45. The van der Waals surface area contributed by atoms with Crippen LogP contribution in [0, 0.1) is 0 Å². The van der Waals surface area contributed by atoms with Gasteiger partial charge in [-0.05, 0) is 43.5 Å². The molecule has 0 saturated heterocycles. The van der Waals surface area contributed by atoms with Crippen molar-refractivity contribution in [3.8, 4) is 0 Å². The van der Waals surface area contributed by atoms with Crippen molar-refractivity contribution >= 4 is 21.8 Å². The highest BCUT2D eigenvalue weighted by Crippen LogP contribution is 2.06. The Labute approximate surface area is 154 Å². The third kappa shape index (κ3) is 3.46. The summed E-state index contributed by atoms with van der Waals surface area (Å²) >= 11 is 0. The SMILES string of the molecule is O=c1c2ccccc2nnn1CCCCCn1nnc2ccccc2c1=O. The number of aryl methyl sites for hydroxylation is 2. The Balaban J connectivity index is 1.36. The number of hydrogen-bond donors (Lipinski definition) is 0. The van der Waals surface area contributed by atoms with Crippen molar-refractivity contribution in [2.24, 2.45) is 0 Å². The summed E-state index contributed by atoms with van der Waals surface area (Å²) in [5.74, 6) is 0. The molecule has 0 saturated carbocycles. The minimum Gasteiger partial charge on any atom is -0.267 e. The zero-order chi connectivity index (χ0) is 18.6. The van der Waals surface area contributed by atoms with Crippen molar-refractivity contribution in [3.05, 3.63) is 69.2 Å². The largest absolute Gasteiger partial charge is 0.277 e. The fourth-order valence-electron chi connectivity index (χ4n) is 3.04. The first kappa shape index (κ1) is 17.0. The summed E-state index contributed by atoms with van der Waals surface area (Å²) in [7, 11) is 0. The van der Waals surface area contributed by atoms with Crippen LogP contribution in [0.5, 0.6) is 0 Å². The van der Waals surface area contributed by atoms with Crippen LogP contribution in [0.25, 0.3) is 21.8 Å². The van der Waals surface area contributed by atoms with E-state index in [0.717, 1.165) is 19.3 Å². The first-order valence-corrected chi connectivity index (χ1v) is 8.89. The molecule has 0 spiro atoms. The molecular formula is C19H18N6O2. The van der Waals surface area contributed by atoms with Crippen LogP contribution < -0.4 is 11.1 Å². The van der Waals surface area contributed by atoms with Gasteiger partial charge in [0.2, 0.25) is 0 Å². The van der Waals surface area contributed by atoms with Crippen molar-refractivity contribution in [2.75, 3.05) is 0 Å². The van der Waals surface area contributed by atoms with E-state index in [4.69, 9.17) is 0 Å². The van der Waals surface area contributed by atoms with Crippen molar-refractivity contribution in [2.45, 2.75) is 32.4 Å². The lowest BCUT2D eigenvalue weighted by molar-refractivity contribution is 0.465. The van der Waals surface area contributed by atoms with Gasteiger partial charge >= 0.3 is 0 Å². The lowest BCUT2D eigenvalue weighted by Gasteiger charge is -2.06. The minimum absolute atomic E-state index is 0.128. The molecule has 0 aliphatic heterocycles. The van der Waals surface area contributed by atoms with E-state index < -0.39 is 0 Å². The third-order valence-corrected chi connectivity index (χ3v) is 4.50. The highest BCUT2D eigenvalue weighted by molar-refractivity contribution is 5.77. The monoisotopic (exact) mass is 362 g/mol. The Morgan fingerprint density at radius 2 is 1.07 bits per heavy atom. The van der Waals surface area contributed by atoms with Gasteiger partial charge in [-0.15, -0.1) is 10.2 Å². The molecule has 2 aromatic heterocycles. The van der Waals surface area contributed by atoms with Crippen LogP contribution in [0.3, 0.4) is 0 Å². The smallest absolute Gasteiger partial charge is 0.267 e. The average Bonchev–Trinajstić information content (AvgIpc) is 2.71. The molecule has 0 unspecified atom stereocenters.